The number of hydrogen-bond donors (Lipinski definition) is 1. The number of carbonyl (C=O) groups is 1. The lowest BCUT2D eigenvalue weighted by molar-refractivity contribution is -0.113. The molecule has 0 aliphatic heterocycles. The van der Waals surface area contributed by atoms with Gasteiger partial charge >= 0.3 is 0 Å². The third-order valence-electron chi connectivity index (χ3n) is 3.32. The summed E-state index contributed by atoms with van der Waals surface area (Å²) in [5.74, 6) is -0.0435. The number of carbonyl (C=O) groups excluding carboxylic acids is 1. The molecule has 0 unspecified atom stereocenters. The number of phenolic OH excluding ortho intramolecular Hbond substituents is 1. The Bertz CT molecular complexity index is 549. The van der Waals surface area contributed by atoms with Crippen LogP contribution in [0.3, 0.4) is 0 Å². The Morgan fingerprint density at radius 2 is 1.52 bits per heavy atom. The zero-order valence-corrected chi connectivity index (χ0v) is 13.8. The normalized spacial score (nSPS) is 12.7. The molecule has 1 aromatic carbocycles. The van der Waals surface area contributed by atoms with Crippen LogP contribution in [-0.2, 0) is 15.6 Å². The lowest BCUT2D eigenvalue weighted by Gasteiger charge is -2.27. The van der Waals surface area contributed by atoms with Crippen molar-refractivity contribution in [2.75, 3.05) is 0 Å². The first kappa shape index (κ1) is 17.2. The maximum atomic E-state index is 11.3. The molecule has 0 aliphatic rings. The first-order chi connectivity index (χ1) is 9.46. The van der Waals surface area contributed by atoms with E-state index in [1.54, 1.807) is 6.08 Å². The van der Waals surface area contributed by atoms with Gasteiger partial charge in [-0.2, -0.15) is 0 Å². The number of aromatic hydroxyl groups is 1. The zero-order valence-electron chi connectivity index (χ0n) is 13.8. The minimum atomic E-state index is -0.377. The highest BCUT2D eigenvalue weighted by Crippen LogP contribution is 2.39. The molecule has 1 rings (SSSR count). The van der Waals surface area contributed by atoms with Gasteiger partial charge < -0.3 is 5.11 Å². The standard InChI is InChI=1S/C18H25NO2/c1-17(2,3)13-10-12(8-9-15(20)19-7)11-14(16(13)21)18(4,5)6/h8-11,21H,7H2,1-6H3. The fraction of sp³-hybridized carbons (Fsp3) is 0.444. The van der Waals surface area contributed by atoms with E-state index in [1.807, 2.05) is 12.1 Å². The first-order valence-corrected chi connectivity index (χ1v) is 7.03. The molecule has 3 heteroatoms. The van der Waals surface area contributed by atoms with Crippen molar-refractivity contribution in [1.82, 2.24) is 0 Å². The number of nitrogens with zero attached hydrogens (tertiary/aromatic N) is 1. The van der Waals surface area contributed by atoms with Gasteiger partial charge in [0.2, 0.25) is 0 Å². The lowest BCUT2D eigenvalue weighted by Crippen LogP contribution is -2.17. The van der Waals surface area contributed by atoms with Crippen LogP contribution >= 0.6 is 0 Å². The second kappa shape index (κ2) is 5.84. The molecule has 0 atom stereocenters. The minimum absolute atomic E-state index is 0.186. The summed E-state index contributed by atoms with van der Waals surface area (Å²) >= 11 is 0. The minimum Gasteiger partial charge on any atom is -0.507 e. The molecule has 3 nitrogen and oxygen atoms in total. The number of hydrogen-bond acceptors (Lipinski definition) is 2. The quantitative estimate of drug-likeness (QED) is 0.653. The van der Waals surface area contributed by atoms with Gasteiger partial charge in [0.15, 0.2) is 0 Å². The average molecular weight is 287 g/mol. The molecule has 0 heterocycles. The zero-order chi connectivity index (χ0) is 16.4. The Labute approximate surface area is 127 Å². The summed E-state index contributed by atoms with van der Waals surface area (Å²) in [6.07, 6.45) is 3.10. The highest BCUT2D eigenvalue weighted by Gasteiger charge is 2.26. The predicted molar refractivity (Wildman–Crippen MR) is 89.1 cm³/mol. The van der Waals surface area contributed by atoms with Crippen molar-refractivity contribution in [2.45, 2.75) is 52.4 Å². The number of phenols is 1. The van der Waals surface area contributed by atoms with Crippen molar-refractivity contribution >= 4 is 18.7 Å². The molecule has 0 spiro atoms. The summed E-state index contributed by atoms with van der Waals surface area (Å²) in [7, 11) is 0. The van der Waals surface area contributed by atoms with Gasteiger partial charge in [-0.3, -0.25) is 4.79 Å². The Balaban J connectivity index is 3.51. The van der Waals surface area contributed by atoms with Gasteiger partial charge in [0.25, 0.3) is 5.91 Å². The molecular weight excluding hydrogens is 262 g/mol. The summed E-state index contributed by atoms with van der Waals surface area (Å²) in [6.45, 7) is 15.5. The average Bonchev–Trinajstić information content (AvgIpc) is 2.34. The predicted octanol–water partition coefficient (Wildman–Crippen LogP) is 4.23. The van der Waals surface area contributed by atoms with Gasteiger partial charge in [-0.05, 0) is 41.3 Å². The lowest BCUT2D eigenvalue weighted by atomic mass is 9.78. The van der Waals surface area contributed by atoms with E-state index < -0.39 is 0 Å². The Morgan fingerprint density at radius 1 is 1.10 bits per heavy atom. The summed E-state index contributed by atoms with van der Waals surface area (Å²) in [4.78, 5) is 14.6. The fourth-order valence-electron chi connectivity index (χ4n) is 2.12. The van der Waals surface area contributed by atoms with Crippen LogP contribution < -0.4 is 0 Å². The third kappa shape index (κ3) is 4.28. The van der Waals surface area contributed by atoms with Gasteiger partial charge in [0.05, 0.1) is 0 Å². The second-order valence-electron chi connectivity index (χ2n) is 7.29. The van der Waals surface area contributed by atoms with E-state index in [0.29, 0.717) is 5.75 Å². The van der Waals surface area contributed by atoms with Gasteiger partial charge in [-0.15, -0.1) is 0 Å². The maximum absolute atomic E-state index is 11.3. The van der Waals surface area contributed by atoms with Crippen LogP contribution in [0.5, 0.6) is 5.75 Å². The largest absolute Gasteiger partial charge is 0.507 e. The number of benzene rings is 1. The number of aliphatic imine (C=N–C) groups is 1. The molecule has 0 saturated heterocycles. The van der Waals surface area contributed by atoms with E-state index in [2.05, 4.69) is 53.3 Å². The van der Waals surface area contributed by atoms with Crippen molar-refractivity contribution in [3.05, 3.63) is 34.9 Å². The van der Waals surface area contributed by atoms with Crippen LogP contribution in [0.15, 0.2) is 23.2 Å². The topological polar surface area (TPSA) is 49.7 Å². The summed E-state index contributed by atoms with van der Waals surface area (Å²) in [5, 5.41) is 10.6. The van der Waals surface area contributed by atoms with Crippen molar-refractivity contribution in [1.29, 1.82) is 0 Å². The summed E-state index contributed by atoms with van der Waals surface area (Å²) in [6, 6.07) is 3.83. The monoisotopic (exact) mass is 287 g/mol. The van der Waals surface area contributed by atoms with E-state index in [-0.39, 0.29) is 16.7 Å². The highest BCUT2D eigenvalue weighted by molar-refractivity contribution is 5.94. The Hall–Kier alpha value is -1.90. The van der Waals surface area contributed by atoms with Crippen LogP contribution in [-0.4, -0.2) is 17.7 Å². The van der Waals surface area contributed by atoms with Gasteiger partial charge in [0.1, 0.15) is 5.75 Å². The van der Waals surface area contributed by atoms with Crippen molar-refractivity contribution in [3.8, 4) is 5.75 Å². The SMILES string of the molecule is C=NC(=O)C=Cc1cc(C(C)(C)C)c(O)c(C(C)(C)C)c1. The first-order valence-electron chi connectivity index (χ1n) is 7.03. The van der Waals surface area contributed by atoms with Gasteiger partial charge in [0, 0.05) is 17.2 Å². The van der Waals surface area contributed by atoms with E-state index in [4.69, 9.17) is 0 Å². The molecule has 0 aromatic heterocycles. The van der Waals surface area contributed by atoms with E-state index in [0.717, 1.165) is 16.7 Å². The molecule has 0 bridgehead atoms. The molecule has 1 N–H and O–H groups in total. The Morgan fingerprint density at radius 3 is 1.86 bits per heavy atom. The van der Waals surface area contributed by atoms with E-state index >= 15 is 0 Å². The van der Waals surface area contributed by atoms with Crippen molar-refractivity contribution in [3.63, 3.8) is 0 Å². The van der Waals surface area contributed by atoms with Crippen molar-refractivity contribution < 1.29 is 9.90 Å². The van der Waals surface area contributed by atoms with Crippen LogP contribution in [0.4, 0.5) is 0 Å². The van der Waals surface area contributed by atoms with E-state index in [1.165, 1.54) is 6.08 Å². The molecule has 0 radical (unpaired) electrons. The summed E-state index contributed by atoms with van der Waals surface area (Å²) < 4.78 is 0. The van der Waals surface area contributed by atoms with Crippen LogP contribution in [0.2, 0.25) is 0 Å². The molecule has 1 amide bonds. The molecule has 0 saturated carbocycles. The van der Waals surface area contributed by atoms with Crippen molar-refractivity contribution in [2.24, 2.45) is 4.99 Å². The number of rotatable bonds is 2. The summed E-state index contributed by atoms with van der Waals surface area (Å²) in [5.41, 5.74) is 2.24. The molecule has 0 aliphatic carbocycles. The van der Waals surface area contributed by atoms with E-state index in [9.17, 15) is 9.90 Å². The number of amides is 1. The van der Waals surface area contributed by atoms with Crippen LogP contribution in [0, 0.1) is 0 Å². The van der Waals surface area contributed by atoms with Gasteiger partial charge in [-0.25, -0.2) is 4.99 Å². The molecule has 114 valence electrons. The molecule has 1 aromatic rings. The third-order valence-corrected chi connectivity index (χ3v) is 3.32. The molecule has 0 fully saturated rings. The maximum Gasteiger partial charge on any atom is 0.269 e. The van der Waals surface area contributed by atoms with Crippen LogP contribution in [0.25, 0.3) is 6.08 Å². The van der Waals surface area contributed by atoms with Crippen LogP contribution in [0.1, 0.15) is 58.2 Å². The fourth-order valence-corrected chi connectivity index (χ4v) is 2.12. The molecular formula is C18H25NO2. The highest BCUT2D eigenvalue weighted by atomic mass is 16.3. The smallest absolute Gasteiger partial charge is 0.269 e. The van der Waals surface area contributed by atoms with Gasteiger partial charge in [-0.1, -0.05) is 41.5 Å². The Kier molecular flexibility index (Phi) is 4.77. The second-order valence-corrected chi connectivity index (χ2v) is 7.29. The molecule has 21 heavy (non-hydrogen) atoms.